The predicted octanol–water partition coefficient (Wildman–Crippen LogP) is 2.88. The summed E-state index contributed by atoms with van der Waals surface area (Å²) in [6, 6.07) is 12.4. The van der Waals surface area contributed by atoms with Crippen molar-refractivity contribution in [1.29, 1.82) is 0 Å². The zero-order chi connectivity index (χ0) is 21.4. The zero-order valence-electron chi connectivity index (χ0n) is 17.3. The summed E-state index contributed by atoms with van der Waals surface area (Å²) >= 11 is 0. The summed E-state index contributed by atoms with van der Waals surface area (Å²) in [5, 5.41) is 10.9. The van der Waals surface area contributed by atoms with E-state index in [0.717, 1.165) is 16.7 Å². The van der Waals surface area contributed by atoms with Crippen LogP contribution < -0.4 is 21.3 Å². The normalized spacial score (nSPS) is 10.4. The first-order chi connectivity index (χ1) is 13.7. The van der Waals surface area contributed by atoms with Crippen LogP contribution in [0.5, 0.6) is 0 Å². The van der Waals surface area contributed by atoms with E-state index >= 15 is 0 Å². The number of urea groups is 1. The summed E-state index contributed by atoms with van der Waals surface area (Å²) in [6.07, 6.45) is 0. The molecule has 7 nitrogen and oxygen atoms in total. The average molecular weight is 396 g/mol. The standard InChI is InChI=1S/C22H28N4O3/c1-14(2)25-22(29)26-19-9-6-17(7-10-19)12-23-20(27)13-24-21(28)18-8-5-15(3)16(4)11-18/h5-11,14H,12-13H2,1-4H3,(H,23,27)(H,24,28)(H2,25,26,29). The number of nitrogens with one attached hydrogen (secondary N) is 4. The molecule has 2 rings (SSSR count). The molecule has 4 N–H and O–H groups in total. The summed E-state index contributed by atoms with van der Waals surface area (Å²) in [4.78, 5) is 35.8. The maximum atomic E-state index is 12.1. The fraction of sp³-hybridized carbons (Fsp3) is 0.318. The Balaban J connectivity index is 1.76. The van der Waals surface area contributed by atoms with Gasteiger partial charge in [-0.25, -0.2) is 4.79 Å². The van der Waals surface area contributed by atoms with Gasteiger partial charge in [0.25, 0.3) is 5.91 Å². The van der Waals surface area contributed by atoms with E-state index in [1.165, 1.54) is 0 Å². The van der Waals surface area contributed by atoms with Crippen LogP contribution in [0.2, 0.25) is 0 Å². The van der Waals surface area contributed by atoms with Gasteiger partial charge in [-0.2, -0.15) is 0 Å². The number of benzene rings is 2. The fourth-order valence-corrected chi connectivity index (χ4v) is 2.54. The molecule has 7 heteroatoms. The Morgan fingerprint density at radius 1 is 0.897 bits per heavy atom. The lowest BCUT2D eigenvalue weighted by Gasteiger charge is -2.11. The van der Waals surface area contributed by atoms with E-state index in [2.05, 4.69) is 21.3 Å². The second kappa shape index (κ2) is 10.3. The van der Waals surface area contributed by atoms with E-state index in [-0.39, 0.29) is 30.4 Å². The van der Waals surface area contributed by atoms with Gasteiger partial charge in [-0.1, -0.05) is 18.2 Å². The molecule has 0 aliphatic carbocycles. The minimum absolute atomic E-state index is 0.0556. The van der Waals surface area contributed by atoms with Gasteiger partial charge in [0, 0.05) is 23.8 Å². The number of hydrogen-bond donors (Lipinski definition) is 4. The number of hydrogen-bond acceptors (Lipinski definition) is 3. The molecule has 0 aliphatic rings. The van der Waals surface area contributed by atoms with E-state index < -0.39 is 0 Å². The van der Waals surface area contributed by atoms with Crippen LogP contribution in [0.15, 0.2) is 42.5 Å². The number of anilines is 1. The van der Waals surface area contributed by atoms with Gasteiger partial charge in [-0.05, 0) is 68.7 Å². The Morgan fingerprint density at radius 2 is 1.59 bits per heavy atom. The van der Waals surface area contributed by atoms with Crippen LogP contribution in [0.1, 0.15) is 40.9 Å². The monoisotopic (exact) mass is 396 g/mol. The lowest BCUT2D eigenvalue weighted by molar-refractivity contribution is -0.120. The van der Waals surface area contributed by atoms with Crippen LogP contribution in [0, 0.1) is 13.8 Å². The van der Waals surface area contributed by atoms with Gasteiger partial charge >= 0.3 is 6.03 Å². The fourth-order valence-electron chi connectivity index (χ4n) is 2.54. The van der Waals surface area contributed by atoms with Crippen LogP contribution in [-0.4, -0.2) is 30.4 Å². The minimum Gasteiger partial charge on any atom is -0.350 e. The molecule has 2 aromatic rings. The smallest absolute Gasteiger partial charge is 0.319 e. The predicted molar refractivity (Wildman–Crippen MR) is 114 cm³/mol. The first-order valence-electron chi connectivity index (χ1n) is 9.53. The molecule has 0 spiro atoms. The third-order valence-corrected chi connectivity index (χ3v) is 4.30. The van der Waals surface area contributed by atoms with Crippen molar-refractivity contribution in [2.45, 2.75) is 40.3 Å². The molecule has 154 valence electrons. The van der Waals surface area contributed by atoms with Crippen LogP contribution in [0.3, 0.4) is 0 Å². The van der Waals surface area contributed by atoms with Gasteiger partial charge in [0.1, 0.15) is 0 Å². The maximum absolute atomic E-state index is 12.1. The number of amides is 4. The minimum atomic E-state index is -0.279. The quantitative estimate of drug-likeness (QED) is 0.579. The van der Waals surface area contributed by atoms with E-state index in [0.29, 0.717) is 17.8 Å². The van der Waals surface area contributed by atoms with Gasteiger partial charge in [0.05, 0.1) is 6.54 Å². The molecule has 0 fully saturated rings. The Labute approximate surface area is 171 Å². The highest BCUT2D eigenvalue weighted by Gasteiger charge is 2.09. The van der Waals surface area contributed by atoms with Crippen molar-refractivity contribution in [2.24, 2.45) is 0 Å². The van der Waals surface area contributed by atoms with Crippen molar-refractivity contribution in [3.05, 3.63) is 64.7 Å². The van der Waals surface area contributed by atoms with Crippen LogP contribution >= 0.6 is 0 Å². The van der Waals surface area contributed by atoms with Crippen molar-refractivity contribution in [2.75, 3.05) is 11.9 Å². The number of rotatable bonds is 7. The second-order valence-electron chi connectivity index (χ2n) is 7.21. The number of carbonyl (C=O) groups excluding carboxylic acids is 3. The Morgan fingerprint density at radius 3 is 2.21 bits per heavy atom. The Bertz CT molecular complexity index is 876. The van der Waals surface area contributed by atoms with Gasteiger partial charge in [-0.3, -0.25) is 9.59 Å². The summed E-state index contributed by atoms with van der Waals surface area (Å²) in [7, 11) is 0. The Hall–Kier alpha value is -3.35. The van der Waals surface area contributed by atoms with Crippen molar-refractivity contribution < 1.29 is 14.4 Å². The highest BCUT2D eigenvalue weighted by Crippen LogP contribution is 2.10. The zero-order valence-corrected chi connectivity index (χ0v) is 17.3. The molecule has 0 aliphatic heterocycles. The first kappa shape index (κ1) is 21.9. The van der Waals surface area contributed by atoms with E-state index in [1.54, 1.807) is 24.3 Å². The molecule has 0 heterocycles. The van der Waals surface area contributed by atoms with Crippen molar-refractivity contribution in [3.8, 4) is 0 Å². The Kier molecular flexibility index (Phi) is 7.77. The van der Waals surface area contributed by atoms with Gasteiger partial charge in [0.2, 0.25) is 5.91 Å². The average Bonchev–Trinajstić information content (AvgIpc) is 2.67. The van der Waals surface area contributed by atoms with Gasteiger partial charge in [-0.15, -0.1) is 0 Å². The highest BCUT2D eigenvalue weighted by molar-refractivity contribution is 5.96. The van der Waals surface area contributed by atoms with E-state index in [4.69, 9.17) is 0 Å². The highest BCUT2D eigenvalue weighted by atomic mass is 16.2. The molecule has 0 bridgehead atoms. The molecule has 0 radical (unpaired) electrons. The summed E-state index contributed by atoms with van der Waals surface area (Å²) < 4.78 is 0. The molecule has 0 aromatic heterocycles. The first-order valence-corrected chi connectivity index (χ1v) is 9.53. The van der Waals surface area contributed by atoms with Crippen molar-refractivity contribution >= 4 is 23.5 Å². The molecular weight excluding hydrogens is 368 g/mol. The number of carbonyl (C=O) groups is 3. The third kappa shape index (κ3) is 7.29. The lowest BCUT2D eigenvalue weighted by Crippen LogP contribution is -2.36. The van der Waals surface area contributed by atoms with Gasteiger partial charge in [0.15, 0.2) is 0 Å². The summed E-state index contributed by atoms with van der Waals surface area (Å²) in [5.74, 6) is -0.556. The summed E-state index contributed by atoms with van der Waals surface area (Å²) in [6.45, 7) is 7.92. The number of aryl methyl sites for hydroxylation is 2. The second-order valence-corrected chi connectivity index (χ2v) is 7.21. The third-order valence-electron chi connectivity index (χ3n) is 4.30. The molecule has 0 saturated heterocycles. The van der Waals surface area contributed by atoms with Gasteiger partial charge < -0.3 is 21.3 Å². The largest absolute Gasteiger partial charge is 0.350 e. The van der Waals surface area contributed by atoms with Crippen LogP contribution in [-0.2, 0) is 11.3 Å². The van der Waals surface area contributed by atoms with E-state index in [1.807, 2.05) is 45.9 Å². The SMILES string of the molecule is Cc1ccc(C(=O)NCC(=O)NCc2ccc(NC(=O)NC(C)C)cc2)cc1C. The summed E-state index contributed by atoms with van der Waals surface area (Å²) in [5.41, 5.74) is 4.22. The topological polar surface area (TPSA) is 99.3 Å². The van der Waals surface area contributed by atoms with Crippen LogP contribution in [0.4, 0.5) is 10.5 Å². The lowest BCUT2D eigenvalue weighted by atomic mass is 10.1. The van der Waals surface area contributed by atoms with Crippen molar-refractivity contribution in [3.63, 3.8) is 0 Å². The molecule has 4 amide bonds. The van der Waals surface area contributed by atoms with E-state index in [9.17, 15) is 14.4 Å². The molecule has 29 heavy (non-hydrogen) atoms. The molecule has 0 saturated carbocycles. The molecule has 2 aromatic carbocycles. The van der Waals surface area contributed by atoms with Crippen molar-refractivity contribution in [1.82, 2.24) is 16.0 Å². The molecular formula is C22H28N4O3. The molecule has 0 unspecified atom stereocenters. The maximum Gasteiger partial charge on any atom is 0.319 e. The molecule has 0 atom stereocenters. The van der Waals surface area contributed by atoms with Crippen LogP contribution in [0.25, 0.3) is 0 Å².